The van der Waals surface area contributed by atoms with Crippen LogP contribution in [0.2, 0.25) is 0 Å². The van der Waals surface area contributed by atoms with Gasteiger partial charge in [-0.15, -0.1) is 0 Å². The van der Waals surface area contributed by atoms with Gasteiger partial charge in [0.2, 0.25) is 21.8 Å². The summed E-state index contributed by atoms with van der Waals surface area (Å²) in [4.78, 5) is 24.4. The second-order valence-electron chi connectivity index (χ2n) is 9.84. The van der Waals surface area contributed by atoms with Crippen LogP contribution in [0.15, 0.2) is 47.4 Å². The van der Waals surface area contributed by atoms with E-state index in [1.807, 2.05) is 19.1 Å². The van der Waals surface area contributed by atoms with E-state index in [0.29, 0.717) is 11.4 Å². The van der Waals surface area contributed by atoms with Crippen molar-refractivity contribution in [2.45, 2.75) is 64.3 Å². The minimum atomic E-state index is -4.07. The van der Waals surface area contributed by atoms with Gasteiger partial charge in [-0.2, -0.15) is 9.78 Å². The molecule has 1 fully saturated rings. The quantitative estimate of drug-likeness (QED) is 0.354. The van der Waals surface area contributed by atoms with E-state index >= 15 is 0 Å². The number of nitrogens with one attached hydrogen (secondary N) is 2. The molecule has 0 spiro atoms. The third kappa shape index (κ3) is 5.89. The van der Waals surface area contributed by atoms with Gasteiger partial charge in [-0.05, 0) is 70.9 Å². The van der Waals surface area contributed by atoms with E-state index in [-0.39, 0.29) is 39.6 Å². The Morgan fingerprint density at radius 1 is 1.08 bits per heavy atom. The summed E-state index contributed by atoms with van der Waals surface area (Å²) in [7, 11) is -4.07. The van der Waals surface area contributed by atoms with Gasteiger partial charge in [-0.1, -0.05) is 30.5 Å². The van der Waals surface area contributed by atoms with Crippen LogP contribution in [-0.2, 0) is 14.8 Å². The highest BCUT2D eigenvalue weighted by molar-refractivity contribution is 7.89. The molecule has 2 aromatic carbocycles. The Labute approximate surface area is 222 Å². The maximum Gasteiger partial charge on any atom is 0.356 e. The number of hydrogen-bond donors (Lipinski definition) is 3. The van der Waals surface area contributed by atoms with Crippen LogP contribution in [0.5, 0.6) is 11.6 Å². The number of amides is 1. The van der Waals surface area contributed by atoms with Gasteiger partial charge in [0, 0.05) is 23.2 Å². The second-order valence-corrected chi connectivity index (χ2v) is 11.5. The highest BCUT2D eigenvalue weighted by Gasteiger charge is 2.28. The molecule has 3 N–H and O–H groups in total. The molecule has 1 heterocycles. The van der Waals surface area contributed by atoms with Crippen LogP contribution in [0.4, 0.5) is 5.69 Å². The van der Waals surface area contributed by atoms with Gasteiger partial charge >= 0.3 is 5.97 Å². The Balaban J connectivity index is 1.79. The summed E-state index contributed by atoms with van der Waals surface area (Å²) in [5.74, 6) is -1.45. The summed E-state index contributed by atoms with van der Waals surface area (Å²) < 4.78 is 36.6. The third-order valence-corrected chi connectivity index (χ3v) is 8.05. The molecule has 3 aromatic rings. The topological polar surface area (TPSA) is 140 Å². The number of hydrogen-bond acceptors (Lipinski definition) is 6. The molecule has 4 rings (SSSR count). The van der Waals surface area contributed by atoms with Gasteiger partial charge in [-0.25, -0.2) is 17.9 Å². The van der Waals surface area contributed by atoms with E-state index in [0.717, 1.165) is 31.2 Å². The number of sulfonamides is 1. The molecule has 0 aliphatic heterocycles. The fourth-order valence-electron chi connectivity index (χ4n) is 4.45. The van der Waals surface area contributed by atoms with Crippen LogP contribution in [0.25, 0.3) is 5.69 Å². The Kier molecular flexibility index (Phi) is 7.89. The van der Waals surface area contributed by atoms with E-state index in [1.165, 1.54) is 16.8 Å². The van der Waals surface area contributed by atoms with E-state index in [9.17, 15) is 23.1 Å². The molecular formula is C27H32N4O6S. The van der Waals surface area contributed by atoms with Crippen molar-refractivity contribution in [1.29, 1.82) is 0 Å². The molecule has 11 heteroatoms. The molecule has 202 valence electrons. The van der Waals surface area contributed by atoms with Crippen molar-refractivity contribution >= 4 is 27.6 Å². The monoisotopic (exact) mass is 540 g/mol. The fourth-order valence-corrected chi connectivity index (χ4v) is 5.86. The zero-order chi connectivity index (χ0) is 27.6. The zero-order valence-corrected chi connectivity index (χ0v) is 22.6. The molecule has 10 nitrogen and oxygen atoms in total. The van der Waals surface area contributed by atoms with Gasteiger partial charge in [-0.3, -0.25) is 4.79 Å². The maximum atomic E-state index is 13.3. The summed E-state index contributed by atoms with van der Waals surface area (Å²) in [6.45, 7) is 6.86. The lowest BCUT2D eigenvalue weighted by Gasteiger charge is -2.17. The molecular weight excluding hydrogens is 508 g/mol. The minimum absolute atomic E-state index is 0.0367. The number of aryl methyl sites for hydroxylation is 1. The molecule has 0 atom stereocenters. The molecule has 1 saturated carbocycles. The van der Waals surface area contributed by atoms with Crippen LogP contribution in [0, 0.1) is 19.8 Å². The molecule has 1 aliphatic rings. The molecule has 0 saturated heterocycles. The van der Waals surface area contributed by atoms with Gasteiger partial charge < -0.3 is 15.2 Å². The van der Waals surface area contributed by atoms with Gasteiger partial charge in [0.15, 0.2) is 5.69 Å². The van der Waals surface area contributed by atoms with Crippen molar-refractivity contribution in [2.75, 3.05) is 5.32 Å². The summed E-state index contributed by atoms with van der Waals surface area (Å²) >= 11 is 0. The standard InChI is InChI=1S/C27H32N4O6S/c1-16(2)30-38(35,36)23-15-20(28-25(32)19-7-5-6-8-19)11-14-22(23)37-26-18(4)24(27(33)34)29-31(26)21-12-9-17(3)10-13-21/h9-16,19,30H,5-8H2,1-4H3,(H,28,32)(H,33,34). The Hall–Kier alpha value is -3.70. The Bertz CT molecular complexity index is 1460. The number of carbonyl (C=O) groups is 2. The summed E-state index contributed by atoms with van der Waals surface area (Å²) in [5, 5.41) is 16.7. The van der Waals surface area contributed by atoms with Crippen molar-refractivity contribution in [3.8, 4) is 17.3 Å². The lowest BCUT2D eigenvalue weighted by molar-refractivity contribution is -0.119. The Morgan fingerprint density at radius 2 is 1.74 bits per heavy atom. The first-order valence-electron chi connectivity index (χ1n) is 12.5. The number of carboxylic acids is 1. The predicted molar refractivity (Wildman–Crippen MR) is 143 cm³/mol. The number of aromatic nitrogens is 2. The first-order valence-corrected chi connectivity index (χ1v) is 14.0. The van der Waals surface area contributed by atoms with Crippen LogP contribution in [-0.4, -0.2) is 41.2 Å². The van der Waals surface area contributed by atoms with Crippen LogP contribution in [0.3, 0.4) is 0 Å². The van der Waals surface area contributed by atoms with Crippen LogP contribution in [0.1, 0.15) is 61.1 Å². The normalized spacial score (nSPS) is 14.1. The molecule has 1 amide bonds. The number of benzene rings is 2. The van der Waals surface area contributed by atoms with E-state index < -0.39 is 22.0 Å². The third-order valence-electron chi connectivity index (χ3n) is 6.37. The Morgan fingerprint density at radius 3 is 2.34 bits per heavy atom. The van der Waals surface area contributed by atoms with E-state index in [4.69, 9.17) is 4.74 Å². The van der Waals surface area contributed by atoms with Crippen LogP contribution >= 0.6 is 0 Å². The number of ether oxygens (including phenoxy) is 1. The van der Waals surface area contributed by atoms with Gasteiger partial charge in [0.25, 0.3) is 0 Å². The molecule has 0 bridgehead atoms. The van der Waals surface area contributed by atoms with Crippen molar-refractivity contribution in [2.24, 2.45) is 5.92 Å². The van der Waals surface area contributed by atoms with Gasteiger partial charge in [0.05, 0.1) is 5.69 Å². The summed E-state index contributed by atoms with van der Waals surface area (Å²) in [6.07, 6.45) is 3.60. The highest BCUT2D eigenvalue weighted by atomic mass is 32.2. The molecule has 1 aliphatic carbocycles. The number of carboxylic acid groups (broad SMARTS) is 1. The number of aromatic carboxylic acids is 1. The van der Waals surface area contributed by atoms with Crippen molar-refractivity contribution in [3.63, 3.8) is 0 Å². The number of carbonyl (C=O) groups excluding carboxylic acids is 1. The molecule has 0 radical (unpaired) electrons. The molecule has 0 unspecified atom stereocenters. The lowest BCUT2D eigenvalue weighted by Crippen LogP contribution is -2.30. The molecule has 1 aromatic heterocycles. The largest absolute Gasteiger partial charge is 0.476 e. The number of nitrogens with zero attached hydrogens (tertiary/aromatic N) is 2. The first-order chi connectivity index (χ1) is 18.0. The van der Waals surface area contributed by atoms with Crippen molar-refractivity contribution < 1.29 is 27.9 Å². The van der Waals surface area contributed by atoms with Crippen molar-refractivity contribution in [3.05, 3.63) is 59.3 Å². The maximum absolute atomic E-state index is 13.3. The minimum Gasteiger partial charge on any atom is -0.476 e. The fraction of sp³-hybridized carbons (Fsp3) is 0.370. The number of anilines is 1. The molecule has 38 heavy (non-hydrogen) atoms. The predicted octanol–water partition coefficient (Wildman–Crippen LogP) is 4.80. The van der Waals surface area contributed by atoms with E-state index in [2.05, 4.69) is 15.1 Å². The smallest absolute Gasteiger partial charge is 0.356 e. The summed E-state index contributed by atoms with van der Waals surface area (Å²) in [6, 6.07) is 11.2. The van der Waals surface area contributed by atoms with Gasteiger partial charge in [0.1, 0.15) is 10.6 Å². The first kappa shape index (κ1) is 27.3. The highest BCUT2D eigenvalue weighted by Crippen LogP contribution is 2.36. The summed E-state index contributed by atoms with van der Waals surface area (Å²) in [5.41, 5.74) is 1.89. The van der Waals surface area contributed by atoms with Crippen molar-refractivity contribution in [1.82, 2.24) is 14.5 Å². The lowest BCUT2D eigenvalue weighted by atomic mass is 10.1. The average molecular weight is 541 g/mol. The SMILES string of the molecule is Cc1ccc(-n2nc(C(=O)O)c(C)c2Oc2ccc(NC(=O)C3CCCC3)cc2S(=O)(=O)NC(C)C)cc1. The average Bonchev–Trinajstić information content (AvgIpc) is 3.49. The van der Waals surface area contributed by atoms with E-state index in [1.54, 1.807) is 39.0 Å². The number of rotatable bonds is 9. The second kappa shape index (κ2) is 11.0. The zero-order valence-electron chi connectivity index (χ0n) is 21.8. The van der Waals surface area contributed by atoms with Crippen LogP contribution < -0.4 is 14.8 Å².